The second-order valence-corrected chi connectivity index (χ2v) is 5.41. The molecule has 1 amide bonds. The third-order valence-electron chi connectivity index (χ3n) is 3.63. The number of carbonyl (C=O) groups excluding carboxylic acids is 2. The van der Waals surface area contributed by atoms with E-state index in [0.29, 0.717) is 5.56 Å². The topological polar surface area (TPSA) is 131 Å². The summed E-state index contributed by atoms with van der Waals surface area (Å²) >= 11 is 0. The summed E-state index contributed by atoms with van der Waals surface area (Å²) < 4.78 is 0. The number of amidine groups is 1. The Labute approximate surface area is 123 Å². The number of aryl methyl sites for hydroxylation is 1. The second kappa shape index (κ2) is 5.61. The van der Waals surface area contributed by atoms with Crippen molar-refractivity contribution >= 4 is 17.7 Å². The predicted molar refractivity (Wildman–Crippen MR) is 77.2 cm³/mol. The maximum atomic E-state index is 12.1. The van der Waals surface area contributed by atoms with E-state index in [4.69, 9.17) is 0 Å². The Hall–Kier alpha value is -2.28. The number of carbonyl (C=O) groups is 2. The smallest absolute Gasteiger partial charge is 0.253 e. The van der Waals surface area contributed by atoms with E-state index in [-0.39, 0.29) is 35.1 Å². The van der Waals surface area contributed by atoms with Crippen molar-refractivity contribution in [1.29, 1.82) is 0 Å². The van der Waals surface area contributed by atoms with Gasteiger partial charge in [-0.2, -0.15) is 0 Å². The highest BCUT2D eigenvalue weighted by Crippen LogP contribution is 2.27. The lowest BCUT2D eigenvalue weighted by atomic mass is 9.89. The molecule has 0 bridgehead atoms. The molecule has 5 N–H and O–H groups in total. The first-order chi connectivity index (χ1) is 9.25. The number of hydrogen-bond acceptors (Lipinski definition) is 5. The first-order valence-electron chi connectivity index (χ1n) is 6.35. The van der Waals surface area contributed by atoms with Gasteiger partial charge < -0.3 is 21.4 Å². The van der Waals surface area contributed by atoms with Crippen molar-refractivity contribution in [2.75, 3.05) is 0 Å². The minimum absolute atomic E-state index is 0. The van der Waals surface area contributed by atoms with Crippen LogP contribution in [-0.4, -0.2) is 28.2 Å². The third kappa shape index (κ3) is 2.78. The summed E-state index contributed by atoms with van der Waals surface area (Å²) in [7, 11) is 0. The largest absolute Gasteiger partial charge is 0.545 e. The van der Waals surface area contributed by atoms with Gasteiger partial charge in [0, 0.05) is 11.8 Å². The number of carboxylic acid groups (broad SMARTS) is 1. The van der Waals surface area contributed by atoms with Crippen molar-refractivity contribution in [1.82, 2.24) is 16.5 Å². The molecule has 0 aliphatic carbocycles. The number of hydrogen-bond donors (Lipinski definition) is 2. The van der Waals surface area contributed by atoms with Crippen molar-refractivity contribution in [2.45, 2.75) is 33.2 Å². The lowest BCUT2D eigenvalue weighted by Gasteiger charge is -2.21. The first kappa shape index (κ1) is 16.8. The van der Waals surface area contributed by atoms with E-state index in [0.717, 1.165) is 0 Å². The maximum Gasteiger partial charge on any atom is 0.253 e. The molecule has 114 valence electrons. The van der Waals surface area contributed by atoms with Gasteiger partial charge >= 0.3 is 0 Å². The number of quaternary nitrogens is 1. The number of amides is 1. The van der Waals surface area contributed by atoms with Gasteiger partial charge in [-0.15, -0.1) is 0 Å². The fourth-order valence-corrected chi connectivity index (χ4v) is 1.96. The number of nitrogens with one attached hydrogen (secondary N) is 1. The molecular weight excluding hydrogens is 272 g/mol. The van der Waals surface area contributed by atoms with Gasteiger partial charge in [-0.05, 0) is 31.4 Å². The molecule has 1 aliphatic heterocycles. The molecule has 0 saturated heterocycles. The highest BCUT2D eigenvalue weighted by Gasteiger charge is 2.42. The number of nitrogens with zero attached hydrogens (tertiary/aromatic N) is 2. The van der Waals surface area contributed by atoms with Crippen LogP contribution in [0.1, 0.15) is 42.4 Å². The quantitative estimate of drug-likeness (QED) is 0.835. The van der Waals surface area contributed by atoms with E-state index >= 15 is 0 Å². The molecular formula is C14H20N4O3. The summed E-state index contributed by atoms with van der Waals surface area (Å²) in [5.41, 5.74) is -0.152. The molecule has 0 fully saturated rings. The number of rotatable bonds is 3. The predicted octanol–water partition coefficient (Wildman–Crippen LogP) is 0.421. The maximum absolute atomic E-state index is 12.1. The van der Waals surface area contributed by atoms with Crippen LogP contribution in [0, 0.1) is 12.8 Å². The fraction of sp³-hybridized carbons (Fsp3) is 0.429. The van der Waals surface area contributed by atoms with Crippen LogP contribution in [0.15, 0.2) is 17.3 Å². The monoisotopic (exact) mass is 292 g/mol. The second-order valence-electron chi connectivity index (χ2n) is 5.41. The molecule has 1 unspecified atom stereocenters. The number of aliphatic imine (C=N–C) groups is 1. The van der Waals surface area contributed by atoms with Crippen LogP contribution >= 0.6 is 0 Å². The minimum atomic E-state index is -1.34. The Bertz CT molecular complexity index is 625. The van der Waals surface area contributed by atoms with Crippen LogP contribution in [0.25, 0.3) is 0 Å². The molecule has 0 saturated carbocycles. The zero-order chi connectivity index (χ0) is 15.1. The Balaban J connectivity index is 0.00000220. The first-order valence-corrected chi connectivity index (χ1v) is 6.35. The lowest BCUT2D eigenvalue weighted by molar-refractivity contribution is -0.255. The van der Waals surface area contributed by atoms with E-state index < -0.39 is 11.5 Å². The highest BCUT2D eigenvalue weighted by molar-refractivity contribution is 6.17. The molecule has 2 rings (SSSR count). The summed E-state index contributed by atoms with van der Waals surface area (Å²) in [6, 6.07) is 1.46. The zero-order valence-corrected chi connectivity index (χ0v) is 12.9. The molecule has 1 aromatic heterocycles. The molecule has 0 radical (unpaired) electrons. The standard InChI is InChI=1S/C14H17N3O3.H3N/c1-7(2)14(4)13(20)16-11(17-14)10-9(12(18)19)5-8(3)6-15-10;/h5-7H,1-4H3,(H,18,19)(H,16,17,20);1H3. The Morgan fingerprint density at radius 3 is 2.52 bits per heavy atom. The summed E-state index contributed by atoms with van der Waals surface area (Å²) in [4.78, 5) is 31.7. The van der Waals surface area contributed by atoms with Gasteiger partial charge in [0.15, 0.2) is 5.84 Å². The normalized spacial score (nSPS) is 20.8. The molecule has 0 spiro atoms. The number of carboxylic acids is 1. The number of aromatic carboxylic acids is 1. The van der Waals surface area contributed by atoms with Crippen LogP contribution in [0.4, 0.5) is 0 Å². The van der Waals surface area contributed by atoms with Crippen LogP contribution in [-0.2, 0) is 4.79 Å². The summed E-state index contributed by atoms with van der Waals surface area (Å²) in [6.07, 6.45) is 1.53. The van der Waals surface area contributed by atoms with E-state index in [9.17, 15) is 14.7 Å². The van der Waals surface area contributed by atoms with Crippen molar-refractivity contribution in [3.05, 3.63) is 29.1 Å². The van der Waals surface area contributed by atoms with Crippen LogP contribution in [0.3, 0.4) is 0 Å². The Morgan fingerprint density at radius 1 is 1.43 bits per heavy atom. The van der Waals surface area contributed by atoms with Crippen molar-refractivity contribution in [3.63, 3.8) is 0 Å². The van der Waals surface area contributed by atoms with Crippen molar-refractivity contribution < 1.29 is 14.7 Å². The van der Waals surface area contributed by atoms with E-state index in [1.165, 1.54) is 12.3 Å². The van der Waals surface area contributed by atoms with Crippen LogP contribution in [0.5, 0.6) is 0 Å². The fourth-order valence-electron chi connectivity index (χ4n) is 1.96. The Morgan fingerprint density at radius 2 is 2.05 bits per heavy atom. The van der Waals surface area contributed by atoms with Crippen LogP contribution < -0.4 is 16.6 Å². The average molecular weight is 292 g/mol. The molecule has 1 aromatic rings. The highest BCUT2D eigenvalue weighted by atomic mass is 16.4. The average Bonchev–Trinajstić information content (AvgIpc) is 2.66. The van der Waals surface area contributed by atoms with E-state index in [1.54, 1.807) is 13.8 Å². The van der Waals surface area contributed by atoms with Crippen molar-refractivity contribution in [3.8, 4) is 0 Å². The summed E-state index contributed by atoms with van der Waals surface area (Å²) in [5, 5.41) is 13.8. The molecule has 1 aliphatic rings. The molecule has 2 heterocycles. The summed E-state index contributed by atoms with van der Waals surface area (Å²) in [6.45, 7) is 7.21. The van der Waals surface area contributed by atoms with Gasteiger partial charge in [0.05, 0.1) is 5.97 Å². The number of pyridine rings is 1. The SMILES string of the molecule is Cc1cnc(C2=NC(C)(C(C)C)C(=O)N2)c(C(=O)[O-])c1.[NH4+]. The van der Waals surface area contributed by atoms with Gasteiger partial charge in [0.1, 0.15) is 11.2 Å². The number of aromatic nitrogens is 1. The van der Waals surface area contributed by atoms with Gasteiger partial charge in [0.2, 0.25) is 0 Å². The van der Waals surface area contributed by atoms with Gasteiger partial charge in [-0.3, -0.25) is 9.78 Å². The molecule has 0 aromatic carbocycles. The van der Waals surface area contributed by atoms with Crippen LogP contribution in [0.2, 0.25) is 0 Å². The van der Waals surface area contributed by atoms with E-state index in [1.807, 2.05) is 13.8 Å². The molecule has 21 heavy (non-hydrogen) atoms. The molecule has 7 nitrogen and oxygen atoms in total. The Kier molecular flexibility index (Phi) is 4.48. The summed E-state index contributed by atoms with van der Waals surface area (Å²) in [5.74, 6) is -1.43. The van der Waals surface area contributed by atoms with Gasteiger partial charge in [0.25, 0.3) is 5.91 Å². The van der Waals surface area contributed by atoms with Crippen molar-refractivity contribution in [2.24, 2.45) is 10.9 Å². The minimum Gasteiger partial charge on any atom is -0.545 e. The third-order valence-corrected chi connectivity index (χ3v) is 3.63. The lowest BCUT2D eigenvalue weighted by Crippen LogP contribution is -2.41. The zero-order valence-electron chi connectivity index (χ0n) is 12.9. The molecule has 7 heteroatoms. The van der Waals surface area contributed by atoms with Gasteiger partial charge in [-0.1, -0.05) is 13.8 Å². The van der Waals surface area contributed by atoms with E-state index in [2.05, 4.69) is 15.3 Å². The molecule has 1 atom stereocenters. The van der Waals surface area contributed by atoms with Gasteiger partial charge in [-0.25, -0.2) is 4.99 Å².